The number of nitrogens with zero attached hydrogens (tertiary/aromatic N) is 2. The first kappa shape index (κ1) is 14.5. The van der Waals surface area contributed by atoms with Gasteiger partial charge in [-0.15, -0.1) is 0 Å². The number of carbonyl (C=O) groups is 1. The minimum atomic E-state index is -0.125. The van der Waals surface area contributed by atoms with Crippen LogP contribution in [0.25, 0.3) is 0 Å². The van der Waals surface area contributed by atoms with Gasteiger partial charge in [0.15, 0.2) is 0 Å². The smallest absolute Gasteiger partial charge is 0.238 e. The molecular weight excluding hydrogens is 254 g/mol. The molecule has 1 aromatic carbocycles. The summed E-state index contributed by atoms with van der Waals surface area (Å²) in [5.41, 5.74) is 1.16. The highest BCUT2D eigenvalue weighted by molar-refractivity contribution is 5.92. The second-order valence-corrected chi connectivity index (χ2v) is 5.52. The Balaban J connectivity index is 1.93. The molecule has 1 aliphatic heterocycles. The van der Waals surface area contributed by atoms with Crippen LogP contribution < -0.4 is 5.32 Å². The fourth-order valence-electron chi connectivity index (χ4n) is 2.19. The van der Waals surface area contributed by atoms with Crippen molar-refractivity contribution in [2.75, 3.05) is 31.6 Å². The number of anilines is 1. The van der Waals surface area contributed by atoms with Crippen LogP contribution in [0.15, 0.2) is 24.3 Å². The number of rotatable bonds is 3. The van der Waals surface area contributed by atoms with Gasteiger partial charge < -0.3 is 10.1 Å². The van der Waals surface area contributed by atoms with Gasteiger partial charge in [0.05, 0.1) is 31.4 Å². The number of hydrogen-bond donors (Lipinski definition) is 1. The summed E-state index contributed by atoms with van der Waals surface area (Å²) < 4.78 is 5.44. The van der Waals surface area contributed by atoms with Gasteiger partial charge in [-0.1, -0.05) is 0 Å². The Morgan fingerprint density at radius 3 is 2.75 bits per heavy atom. The lowest BCUT2D eigenvalue weighted by atomic mass is 10.0. The van der Waals surface area contributed by atoms with Gasteiger partial charge in [0.1, 0.15) is 0 Å². The highest BCUT2D eigenvalue weighted by Gasteiger charge is 2.31. The van der Waals surface area contributed by atoms with Crippen LogP contribution in [0.1, 0.15) is 19.4 Å². The molecule has 1 N–H and O–H groups in total. The topological polar surface area (TPSA) is 65.4 Å². The second kappa shape index (κ2) is 6.04. The van der Waals surface area contributed by atoms with Crippen molar-refractivity contribution < 1.29 is 9.53 Å². The lowest BCUT2D eigenvalue weighted by Crippen LogP contribution is -2.55. The average Bonchev–Trinajstić information content (AvgIpc) is 2.42. The molecule has 0 saturated carbocycles. The van der Waals surface area contributed by atoms with Crippen LogP contribution >= 0.6 is 0 Å². The zero-order chi connectivity index (χ0) is 14.6. The van der Waals surface area contributed by atoms with Gasteiger partial charge in [0, 0.05) is 17.8 Å². The number of nitrogens with one attached hydrogen (secondary N) is 1. The molecule has 1 aromatic rings. The summed E-state index contributed by atoms with van der Waals surface area (Å²) in [7, 11) is 0. The van der Waals surface area contributed by atoms with Gasteiger partial charge in [-0.05, 0) is 38.1 Å². The summed E-state index contributed by atoms with van der Waals surface area (Å²) in [4.78, 5) is 14.2. The summed E-state index contributed by atoms with van der Waals surface area (Å²) in [6, 6.07) is 8.90. The van der Waals surface area contributed by atoms with Crippen molar-refractivity contribution in [3.8, 4) is 6.07 Å². The van der Waals surface area contributed by atoms with E-state index >= 15 is 0 Å². The van der Waals surface area contributed by atoms with E-state index in [4.69, 9.17) is 10.00 Å². The van der Waals surface area contributed by atoms with Crippen molar-refractivity contribution in [2.24, 2.45) is 0 Å². The molecule has 2 rings (SSSR count). The zero-order valence-corrected chi connectivity index (χ0v) is 11.8. The fraction of sp³-hybridized carbons (Fsp3) is 0.467. The average molecular weight is 273 g/mol. The molecule has 0 radical (unpaired) electrons. The Morgan fingerprint density at radius 1 is 1.45 bits per heavy atom. The van der Waals surface area contributed by atoms with Crippen LogP contribution in [-0.4, -0.2) is 42.6 Å². The molecule has 20 heavy (non-hydrogen) atoms. The Morgan fingerprint density at radius 2 is 2.15 bits per heavy atom. The molecule has 106 valence electrons. The van der Waals surface area contributed by atoms with Crippen molar-refractivity contribution in [2.45, 2.75) is 19.4 Å². The van der Waals surface area contributed by atoms with E-state index in [0.29, 0.717) is 31.0 Å². The molecule has 0 atom stereocenters. The minimum Gasteiger partial charge on any atom is -0.378 e. The number of amides is 1. The number of carbonyl (C=O) groups excluding carboxylic acids is 1. The summed E-state index contributed by atoms with van der Waals surface area (Å²) >= 11 is 0. The Labute approximate surface area is 119 Å². The first-order valence-corrected chi connectivity index (χ1v) is 6.64. The van der Waals surface area contributed by atoms with E-state index in [-0.39, 0.29) is 11.4 Å². The molecule has 0 spiro atoms. The van der Waals surface area contributed by atoms with Crippen molar-refractivity contribution >= 4 is 11.6 Å². The highest BCUT2D eigenvalue weighted by atomic mass is 16.5. The van der Waals surface area contributed by atoms with Gasteiger partial charge >= 0.3 is 0 Å². The predicted molar refractivity (Wildman–Crippen MR) is 76.3 cm³/mol. The second-order valence-electron chi connectivity index (χ2n) is 5.52. The van der Waals surface area contributed by atoms with E-state index in [9.17, 15) is 4.79 Å². The first-order chi connectivity index (χ1) is 9.51. The maximum Gasteiger partial charge on any atom is 0.238 e. The molecule has 1 saturated heterocycles. The van der Waals surface area contributed by atoms with Crippen molar-refractivity contribution in [1.82, 2.24) is 4.90 Å². The maximum atomic E-state index is 12.1. The molecular formula is C15H19N3O2. The first-order valence-electron chi connectivity index (χ1n) is 6.64. The number of morpholine rings is 1. The van der Waals surface area contributed by atoms with Crippen LogP contribution in [0.2, 0.25) is 0 Å². The third kappa shape index (κ3) is 3.56. The molecule has 1 heterocycles. The molecule has 1 fully saturated rings. The quantitative estimate of drug-likeness (QED) is 0.908. The third-order valence-corrected chi connectivity index (χ3v) is 3.45. The maximum absolute atomic E-state index is 12.1. The number of ether oxygens (including phenoxy) is 1. The standard InChI is InChI=1S/C15H19N3O2/c1-15(2)11-20-8-7-18(15)10-14(19)17-13-5-3-12(9-16)4-6-13/h3-6H,7-8,10-11H2,1-2H3,(H,17,19). The third-order valence-electron chi connectivity index (χ3n) is 3.45. The van der Waals surface area contributed by atoms with E-state index in [1.165, 1.54) is 0 Å². The van der Waals surface area contributed by atoms with Gasteiger partial charge in [-0.2, -0.15) is 5.26 Å². The van der Waals surface area contributed by atoms with Crippen LogP contribution in [0.5, 0.6) is 0 Å². The summed E-state index contributed by atoms with van der Waals surface area (Å²) in [5.74, 6) is -0.0512. The van der Waals surface area contributed by atoms with Crippen molar-refractivity contribution in [1.29, 1.82) is 5.26 Å². The van der Waals surface area contributed by atoms with E-state index in [0.717, 1.165) is 6.54 Å². The van der Waals surface area contributed by atoms with Gasteiger partial charge in [0.2, 0.25) is 5.91 Å². The molecule has 0 aromatic heterocycles. The van der Waals surface area contributed by atoms with E-state index in [1.807, 2.05) is 6.07 Å². The zero-order valence-electron chi connectivity index (χ0n) is 11.8. The minimum absolute atomic E-state index is 0.0512. The van der Waals surface area contributed by atoms with Crippen molar-refractivity contribution in [3.63, 3.8) is 0 Å². The molecule has 5 nitrogen and oxygen atoms in total. The lowest BCUT2D eigenvalue weighted by molar-refractivity contribution is -0.122. The lowest BCUT2D eigenvalue weighted by Gasteiger charge is -2.41. The van der Waals surface area contributed by atoms with E-state index in [1.54, 1.807) is 24.3 Å². The van der Waals surface area contributed by atoms with Crippen LogP contribution in [0, 0.1) is 11.3 Å². The Bertz CT molecular complexity index is 517. The number of benzene rings is 1. The largest absolute Gasteiger partial charge is 0.378 e. The predicted octanol–water partition coefficient (Wildman–Crippen LogP) is 1.61. The normalized spacial score (nSPS) is 18.2. The van der Waals surface area contributed by atoms with Crippen LogP contribution in [0.4, 0.5) is 5.69 Å². The molecule has 5 heteroatoms. The van der Waals surface area contributed by atoms with Gasteiger partial charge in [-0.25, -0.2) is 0 Å². The SMILES string of the molecule is CC1(C)COCCN1CC(=O)Nc1ccc(C#N)cc1. The Kier molecular flexibility index (Phi) is 4.38. The van der Waals surface area contributed by atoms with Crippen LogP contribution in [0.3, 0.4) is 0 Å². The fourth-order valence-corrected chi connectivity index (χ4v) is 2.19. The van der Waals surface area contributed by atoms with E-state index < -0.39 is 0 Å². The van der Waals surface area contributed by atoms with Crippen molar-refractivity contribution in [3.05, 3.63) is 29.8 Å². The number of hydrogen-bond acceptors (Lipinski definition) is 4. The van der Waals surface area contributed by atoms with E-state index in [2.05, 4.69) is 24.1 Å². The number of nitriles is 1. The molecule has 0 aliphatic carbocycles. The van der Waals surface area contributed by atoms with Gasteiger partial charge in [0.25, 0.3) is 0 Å². The summed E-state index contributed by atoms with van der Waals surface area (Å²) in [6.45, 7) is 6.54. The molecule has 1 amide bonds. The van der Waals surface area contributed by atoms with Crippen LogP contribution in [-0.2, 0) is 9.53 Å². The summed E-state index contributed by atoms with van der Waals surface area (Å²) in [6.07, 6.45) is 0. The highest BCUT2D eigenvalue weighted by Crippen LogP contribution is 2.18. The monoisotopic (exact) mass is 273 g/mol. The molecule has 0 bridgehead atoms. The molecule has 0 unspecified atom stereocenters. The Hall–Kier alpha value is -1.90. The summed E-state index contributed by atoms with van der Waals surface area (Å²) in [5, 5.41) is 11.6. The van der Waals surface area contributed by atoms with Gasteiger partial charge in [-0.3, -0.25) is 9.69 Å². The molecule has 1 aliphatic rings.